The van der Waals surface area contributed by atoms with E-state index in [0.29, 0.717) is 18.8 Å². The summed E-state index contributed by atoms with van der Waals surface area (Å²) >= 11 is 0. The number of aromatic hydroxyl groups is 1. The average Bonchev–Trinajstić information content (AvgIpc) is 3.82. The zero-order valence-corrected chi connectivity index (χ0v) is 27.9. The molecule has 7 N–H and O–H groups in total. The third-order valence-electron chi connectivity index (χ3n) is 9.81. The molecule has 278 valence electrons. The van der Waals surface area contributed by atoms with Crippen molar-refractivity contribution in [1.29, 1.82) is 0 Å². The van der Waals surface area contributed by atoms with Gasteiger partial charge in [-0.2, -0.15) is 0 Å². The lowest BCUT2D eigenvalue weighted by molar-refractivity contribution is -0.289. The molecule has 17 heteroatoms. The number of aliphatic hydroxyl groups is 6. The molecular weight excluding hydrogens is 668 g/mol. The van der Waals surface area contributed by atoms with Crippen molar-refractivity contribution in [2.45, 2.75) is 60.9 Å². The highest BCUT2D eigenvalue weighted by atomic mass is 16.7. The van der Waals surface area contributed by atoms with E-state index in [9.17, 15) is 35.7 Å². The lowest BCUT2D eigenvalue weighted by Gasteiger charge is -2.40. The van der Waals surface area contributed by atoms with Crippen LogP contribution in [0.4, 0.5) is 0 Å². The van der Waals surface area contributed by atoms with Crippen LogP contribution >= 0.6 is 0 Å². The molecule has 4 fully saturated rings. The third-order valence-corrected chi connectivity index (χ3v) is 9.81. The summed E-state index contributed by atoms with van der Waals surface area (Å²) in [6.07, 6.45) is -11.6. The predicted octanol–water partition coefficient (Wildman–Crippen LogP) is -0.855. The van der Waals surface area contributed by atoms with E-state index in [2.05, 4.69) is 0 Å². The van der Waals surface area contributed by atoms with E-state index in [-0.39, 0.29) is 52.4 Å². The van der Waals surface area contributed by atoms with Crippen LogP contribution < -0.4 is 23.7 Å². The first kappa shape index (κ1) is 36.6. The van der Waals surface area contributed by atoms with Gasteiger partial charge in [-0.25, -0.2) is 0 Å². The first-order valence-electron chi connectivity index (χ1n) is 16.0. The molecule has 4 aliphatic rings. The number of fused-ring (bicyclic) bond motifs is 1. The summed E-state index contributed by atoms with van der Waals surface area (Å²) in [5.41, 5.74) is -0.454. The number of phenolic OH excluding ortho intramolecular Hbond substituents is 1. The summed E-state index contributed by atoms with van der Waals surface area (Å²) in [7, 11) is 5.74. The Morgan fingerprint density at radius 1 is 0.720 bits per heavy atom. The fraction of sp³-hybridized carbons (Fsp3) is 0.636. The van der Waals surface area contributed by atoms with Crippen molar-refractivity contribution in [2.24, 2.45) is 11.8 Å². The molecule has 17 nitrogen and oxygen atoms in total. The van der Waals surface area contributed by atoms with Crippen LogP contribution in [0.2, 0.25) is 0 Å². The monoisotopic (exact) mass is 712 g/mol. The second kappa shape index (κ2) is 14.8. The molecule has 0 aromatic heterocycles. The van der Waals surface area contributed by atoms with Crippen LogP contribution in [0.25, 0.3) is 0 Å². The summed E-state index contributed by atoms with van der Waals surface area (Å²) in [5, 5.41) is 72.3. The highest BCUT2D eigenvalue weighted by Crippen LogP contribution is 2.53. The molecule has 0 radical (unpaired) electrons. The number of methoxy groups -OCH3 is 4. The van der Waals surface area contributed by atoms with E-state index in [1.807, 2.05) is 0 Å². The molecule has 0 bridgehead atoms. The van der Waals surface area contributed by atoms with Gasteiger partial charge in [-0.05, 0) is 35.4 Å². The Labute approximate surface area is 287 Å². The van der Waals surface area contributed by atoms with Crippen molar-refractivity contribution >= 4 is 0 Å². The molecular formula is C33H44O17. The van der Waals surface area contributed by atoms with Gasteiger partial charge in [0.2, 0.25) is 17.8 Å². The average molecular weight is 713 g/mol. The van der Waals surface area contributed by atoms with Crippen LogP contribution in [0.1, 0.15) is 23.3 Å². The number of aliphatic hydroxyl groups excluding tert-OH is 5. The molecule has 0 unspecified atom stereocenters. The van der Waals surface area contributed by atoms with E-state index >= 15 is 0 Å². The lowest BCUT2D eigenvalue weighted by Crippen LogP contribution is -2.60. The maximum Gasteiger partial charge on any atom is 0.229 e. The molecule has 2 aromatic carbocycles. The molecule has 0 saturated carbocycles. The molecule has 0 aliphatic carbocycles. The number of rotatable bonds is 12. The van der Waals surface area contributed by atoms with Crippen LogP contribution in [0.5, 0.6) is 34.5 Å². The molecule has 0 spiro atoms. The highest BCUT2D eigenvalue weighted by Gasteiger charge is 2.51. The van der Waals surface area contributed by atoms with Gasteiger partial charge < -0.3 is 83.1 Å². The van der Waals surface area contributed by atoms with Gasteiger partial charge in [-0.3, -0.25) is 0 Å². The highest BCUT2D eigenvalue weighted by molar-refractivity contribution is 5.55. The number of benzene rings is 2. The Balaban J connectivity index is 1.18. The quantitative estimate of drug-likeness (QED) is 0.142. The molecule has 4 saturated heterocycles. The predicted molar refractivity (Wildman–Crippen MR) is 166 cm³/mol. The fourth-order valence-electron chi connectivity index (χ4n) is 6.89. The van der Waals surface area contributed by atoms with Crippen LogP contribution in [0.15, 0.2) is 24.3 Å². The van der Waals surface area contributed by atoms with Gasteiger partial charge >= 0.3 is 0 Å². The Hall–Kier alpha value is -3.20. The van der Waals surface area contributed by atoms with Gasteiger partial charge in [-0.15, -0.1) is 0 Å². The van der Waals surface area contributed by atoms with Gasteiger partial charge in [-0.1, -0.05) is 0 Å². The van der Waals surface area contributed by atoms with Crippen LogP contribution in [0.3, 0.4) is 0 Å². The standard InChI is InChI=1S/C33H44O17/c1-41-18-5-14(6-19(42-2)23(18)35)27-16-9-46-28(17(16)10-45-27)15-7-20(43-3)29(21(8-15)44-4)50-31-26(38)25(37)24(36)22(49-31)11-47-32-30(39)33(40,12-34)13-48-32/h5-8,16-17,22,24-28,30-32,34-40H,9-13H2,1-4H3/t16-,17-,22-,24-,25+,26-,27+,28+,30+,31+,32-,33-/m1/s1. The van der Waals surface area contributed by atoms with Crippen molar-refractivity contribution < 1.29 is 83.1 Å². The SMILES string of the molecule is COc1cc([C@@H]2OC[C@@H]3[C@H]2CO[C@H]3c2cc(OC)c(O[C@@H]3O[C@H](CO[C@@H]4OC[C@](O)(CO)[C@H]4O)[C@@H](O)[C@H](O)[C@H]3O)c(OC)c2)cc(OC)c1O. The summed E-state index contributed by atoms with van der Waals surface area (Å²) in [5.74, 6) is 0.741. The fourth-order valence-corrected chi connectivity index (χ4v) is 6.89. The number of ether oxygens (including phenoxy) is 10. The van der Waals surface area contributed by atoms with E-state index in [0.717, 1.165) is 5.56 Å². The summed E-state index contributed by atoms with van der Waals surface area (Å²) < 4.78 is 57.1. The summed E-state index contributed by atoms with van der Waals surface area (Å²) in [6.45, 7) is -0.858. The van der Waals surface area contributed by atoms with Crippen molar-refractivity contribution in [2.75, 3.05) is 61.5 Å². The maximum atomic E-state index is 10.8. The Morgan fingerprint density at radius 3 is 1.72 bits per heavy atom. The third kappa shape index (κ3) is 6.52. The minimum absolute atomic E-state index is 0.0343. The largest absolute Gasteiger partial charge is 0.502 e. The molecule has 4 aliphatic heterocycles. The second-order valence-electron chi connectivity index (χ2n) is 12.7. The Bertz CT molecular complexity index is 1440. The molecule has 50 heavy (non-hydrogen) atoms. The smallest absolute Gasteiger partial charge is 0.229 e. The van der Waals surface area contributed by atoms with Gasteiger partial charge in [0.15, 0.2) is 29.3 Å². The zero-order chi connectivity index (χ0) is 35.9. The van der Waals surface area contributed by atoms with E-state index in [1.54, 1.807) is 24.3 Å². The summed E-state index contributed by atoms with van der Waals surface area (Å²) in [6, 6.07) is 6.83. The number of phenols is 1. The Morgan fingerprint density at radius 2 is 1.24 bits per heavy atom. The number of hydrogen-bond acceptors (Lipinski definition) is 17. The van der Waals surface area contributed by atoms with E-state index in [4.69, 9.17) is 47.4 Å². The van der Waals surface area contributed by atoms with Crippen molar-refractivity contribution in [3.63, 3.8) is 0 Å². The first-order valence-corrected chi connectivity index (χ1v) is 16.0. The Kier molecular flexibility index (Phi) is 10.8. The van der Waals surface area contributed by atoms with E-state index < -0.39 is 74.6 Å². The van der Waals surface area contributed by atoms with Gasteiger partial charge in [0.25, 0.3) is 0 Å². The molecule has 4 heterocycles. The maximum absolute atomic E-state index is 10.8. The van der Waals surface area contributed by atoms with Crippen molar-refractivity contribution in [3.8, 4) is 34.5 Å². The van der Waals surface area contributed by atoms with Crippen LogP contribution in [-0.4, -0.2) is 146 Å². The van der Waals surface area contributed by atoms with Crippen molar-refractivity contribution in [1.82, 2.24) is 0 Å². The molecule has 2 aromatic rings. The molecule has 12 atom stereocenters. The minimum atomic E-state index is -1.93. The van der Waals surface area contributed by atoms with Crippen LogP contribution in [-0.2, 0) is 23.7 Å². The molecule has 0 amide bonds. The second-order valence-corrected chi connectivity index (χ2v) is 12.7. The minimum Gasteiger partial charge on any atom is -0.502 e. The van der Waals surface area contributed by atoms with Gasteiger partial charge in [0, 0.05) is 11.8 Å². The zero-order valence-electron chi connectivity index (χ0n) is 27.9. The first-order chi connectivity index (χ1) is 24.0. The van der Waals surface area contributed by atoms with Gasteiger partial charge in [0.1, 0.15) is 36.1 Å². The molecule has 6 rings (SSSR count). The van der Waals surface area contributed by atoms with E-state index in [1.165, 1.54) is 28.4 Å². The van der Waals surface area contributed by atoms with Gasteiger partial charge in [0.05, 0.1) is 73.7 Å². The number of hydrogen-bond donors (Lipinski definition) is 7. The normalized spacial score (nSPS) is 36.6. The summed E-state index contributed by atoms with van der Waals surface area (Å²) in [4.78, 5) is 0. The lowest BCUT2D eigenvalue weighted by atomic mass is 9.84. The van der Waals surface area contributed by atoms with Crippen LogP contribution in [0, 0.1) is 11.8 Å². The van der Waals surface area contributed by atoms with Crippen molar-refractivity contribution in [3.05, 3.63) is 35.4 Å². The topological polar surface area (TPSA) is 234 Å².